The predicted octanol–water partition coefficient (Wildman–Crippen LogP) is 2.86. The zero-order valence-corrected chi connectivity index (χ0v) is 10.3. The zero-order chi connectivity index (χ0) is 11.5. The maximum atomic E-state index is 9.66. The summed E-state index contributed by atoms with van der Waals surface area (Å²) in [4.78, 5) is 2.32. The molecule has 1 aliphatic rings. The van der Waals surface area contributed by atoms with E-state index in [1.54, 1.807) is 0 Å². The lowest BCUT2D eigenvalue weighted by molar-refractivity contribution is 0.0504. The van der Waals surface area contributed by atoms with Crippen molar-refractivity contribution in [3.05, 3.63) is 34.9 Å². The first-order valence-electron chi connectivity index (χ1n) is 5.84. The van der Waals surface area contributed by atoms with Crippen LogP contribution < -0.4 is 0 Å². The van der Waals surface area contributed by atoms with Crippen molar-refractivity contribution in [3.8, 4) is 0 Å². The molecule has 16 heavy (non-hydrogen) atoms. The summed E-state index contributed by atoms with van der Waals surface area (Å²) in [5.41, 5.74) is 1.22. The van der Waals surface area contributed by atoms with Gasteiger partial charge in [-0.2, -0.15) is 0 Å². The molecule has 1 saturated heterocycles. The van der Waals surface area contributed by atoms with Gasteiger partial charge in [-0.1, -0.05) is 23.7 Å². The van der Waals surface area contributed by atoms with Gasteiger partial charge in [0, 0.05) is 17.6 Å². The second kappa shape index (κ2) is 5.17. The molecule has 1 aromatic rings. The van der Waals surface area contributed by atoms with Crippen molar-refractivity contribution >= 4 is 11.6 Å². The first-order valence-corrected chi connectivity index (χ1v) is 6.22. The number of likely N-dealkylation sites (tertiary alicyclic amines) is 1. The summed E-state index contributed by atoms with van der Waals surface area (Å²) in [5, 5.41) is 10.4. The van der Waals surface area contributed by atoms with E-state index in [0.717, 1.165) is 31.0 Å². The smallest absolute Gasteiger partial charge is 0.0667 e. The normalized spacial score (nSPS) is 24.3. The Kier molecular flexibility index (Phi) is 3.85. The number of halogens is 1. The van der Waals surface area contributed by atoms with Gasteiger partial charge in [-0.25, -0.2) is 0 Å². The van der Waals surface area contributed by atoms with E-state index in [4.69, 9.17) is 11.6 Å². The van der Waals surface area contributed by atoms with Crippen LogP contribution >= 0.6 is 11.6 Å². The Hall–Kier alpha value is -0.570. The number of aliphatic hydroxyl groups excluding tert-OH is 1. The molecule has 0 radical (unpaired) electrons. The van der Waals surface area contributed by atoms with Gasteiger partial charge < -0.3 is 5.11 Å². The second-order valence-electron chi connectivity index (χ2n) is 4.52. The number of aliphatic hydroxyl groups is 1. The van der Waals surface area contributed by atoms with Gasteiger partial charge in [0.15, 0.2) is 0 Å². The molecule has 0 aliphatic carbocycles. The highest BCUT2D eigenvalue weighted by Crippen LogP contribution is 2.25. The number of benzene rings is 1. The molecule has 1 N–H and O–H groups in total. The fraction of sp³-hybridized carbons (Fsp3) is 0.538. The van der Waals surface area contributed by atoms with Crippen LogP contribution in [0.25, 0.3) is 0 Å². The molecule has 0 spiro atoms. The molecular weight excluding hydrogens is 222 g/mol. The molecule has 0 unspecified atom stereocenters. The van der Waals surface area contributed by atoms with Crippen molar-refractivity contribution < 1.29 is 5.11 Å². The maximum absolute atomic E-state index is 9.66. The van der Waals surface area contributed by atoms with E-state index in [1.165, 1.54) is 5.56 Å². The Morgan fingerprint density at radius 3 is 3.00 bits per heavy atom. The van der Waals surface area contributed by atoms with Crippen molar-refractivity contribution in [2.45, 2.75) is 31.9 Å². The van der Waals surface area contributed by atoms with E-state index in [0.29, 0.717) is 6.04 Å². The van der Waals surface area contributed by atoms with Gasteiger partial charge in [-0.15, -0.1) is 0 Å². The third-order valence-corrected chi connectivity index (χ3v) is 3.54. The largest absolute Gasteiger partial charge is 0.392 e. The van der Waals surface area contributed by atoms with Gasteiger partial charge in [-0.05, 0) is 44.0 Å². The Morgan fingerprint density at radius 1 is 1.50 bits per heavy atom. The molecule has 0 saturated carbocycles. The van der Waals surface area contributed by atoms with Gasteiger partial charge in [0.25, 0.3) is 0 Å². The predicted molar refractivity (Wildman–Crippen MR) is 66.7 cm³/mol. The average molecular weight is 240 g/mol. The fourth-order valence-corrected chi connectivity index (χ4v) is 2.51. The van der Waals surface area contributed by atoms with E-state index >= 15 is 0 Å². The number of hydrogen-bond donors (Lipinski definition) is 1. The van der Waals surface area contributed by atoms with E-state index < -0.39 is 0 Å². The Bertz CT molecular complexity index is 356. The highest BCUT2D eigenvalue weighted by atomic mass is 35.5. The van der Waals surface area contributed by atoms with E-state index in [2.05, 4.69) is 17.9 Å². The van der Waals surface area contributed by atoms with Crippen molar-refractivity contribution in [3.63, 3.8) is 0 Å². The fourth-order valence-electron chi connectivity index (χ4n) is 2.31. The summed E-state index contributed by atoms with van der Waals surface area (Å²) in [7, 11) is 0. The lowest BCUT2D eigenvalue weighted by atomic mass is 10.0. The van der Waals surface area contributed by atoms with Crippen LogP contribution in [0, 0.1) is 0 Å². The van der Waals surface area contributed by atoms with Crippen LogP contribution in [-0.2, 0) is 0 Å². The number of nitrogens with zero attached hydrogens (tertiary/aromatic N) is 1. The number of piperidine rings is 1. The van der Waals surface area contributed by atoms with Crippen molar-refractivity contribution in [1.82, 2.24) is 4.90 Å². The van der Waals surface area contributed by atoms with E-state index in [1.807, 2.05) is 18.2 Å². The lowest BCUT2D eigenvalue weighted by Gasteiger charge is -2.35. The summed E-state index contributed by atoms with van der Waals surface area (Å²) in [6, 6.07) is 8.30. The van der Waals surface area contributed by atoms with Crippen LogP contribution in [0.3, 0.4) is 0 Å². The third kappa shape index (κ3) is 2.76. The van der Waals surface area contributed by atoms with Gasteiger partial charge >= 0.3 is 0 Å². The van der Waals surface area contributed by atoms with E-state index in [9.17, 15) is 5.11 Å². The minimum atomic E-state index is -0.171. The third-order valence-electron chi connectivity index (χ3n) is 3.31. The topological polar surface area (TPSA) is 23.5 Å². The first kappa shape index (κ1) is 11.9. The molecule has 0 amide bonds. The quantitative estimate of drug-likeness (QED) is 0.858. The molecular formula is C13H18ClNO. The number of rotatable bonds is 2. The highest BCUT2D eigenvalue weighted by Gasteiger charge is 2.22. The molecule has 2 nitrogen and oxygen atoms in total. The zero-order valence-electron chi connectivity index (χ0n) is 9.56. The molecule has 0 aromatic heterocycles. The van der Waals surface area contributed by atoms with Crippen LogP contribution in [0.15, 0.2) is 24.3 Å². The average Bonchev–Trinajstić information content (AvgIpc) is 2.28. The van der Waals surface area contributed by atoms with Crippen LogP contribution in [-0.4, -0.2) is 29.2 Å². The van der Waals surface area contributed by atoms with E-state index in [-0.39, 0.29) is 6.10 Å². The molecule has 3 heteroatoms. The molecule has 1 fully saturated rings. The SMILES string of the molecule is C[C@@H](c1cccc(Cl)c1)N1CCC[C@@H](O)C1. The van der Waals surface area contributed by atoms with Crippen LogP contribution in [0.5, 0.6) is 0 Å². The molecule has 88 valence electrons. The van der Waals surface area contributed by atoms with Crippen molar-refractivity contribution in [2.24, 2.45) is 0 Å². The summed E-state index contributed by atoms with van der Waals surface area (Å²) in [6.07, 6.45) is 1.83. The van der Waals surface area contributed by atoms with Crippen LogP contribution in [0.1, 0.15) is 31.4 Å². The second-order valence-corrected chi connectivity index (χ2v) is 4.96. The molecule has 0 bridgehead atoms. The standard InChI is InChI=1S/C13H18ClNO/c1-10(11-4-2-5-12(14)8-11)15-7-3-6-13(16)9-15/h2,4-5,8,10,13,16H,3,6-7,9H2,1H3/t10-,13+/m0/s1. The monoisotopic (exact) mass is 239 g/mol. The summed E-state index contributed by atoms with van der Waals surface area (Å²) in [5.74, 6) is 0. The Balaban J connectivity index is 2.09. The first-order chi connectivity index (χ1) is 7.66. The molecule has 2 rings (SSSR count). The van der Waals surface area contributed by atoms with Crippen molar-refractivity contribution in [1.29, 1.82) is 0 Å². The van der Waals surface area contributed by atoms with Gasteiger partial charge in [0.05, 0.1) is 6.10 Å². The molecule has 1 aliphatic heterocycles. The molecule has 1 aromatic carbocycles. The van der Waals surface area contributed by atoms with Gasteiger partial charge in [0.2, 0.25) is 0 Å². The summed E-state index contributed by atoms with van der Waals surface area (Å²) in [6.45, 7) is 4.00. The number of hydrogen-bond acceptors (Lipinski definition) is 2. The van der Waals surface area contributed by atoms with Crippen molar-refractivity contribution in [2.75, 3.05) is 13.1 Å². The molecule has 1 heterocycles. The minimum Gasteiger partial charge on any atom is -0.392 e. The summed E-state index contributed by atoms with van der Waals surface area (Å²) < 4.78 is 0. The highest BCUT2D eigenvalue weighted by molar-refractivity contribution is 6.30. The van der Waals surface area contributed by atoms with Gasteiger partial charge in [-0.3, -0.25) is 4.90 Å². The Morgan fingerprint density at radius 2 is 2.31 bits per heavy atom. The molecule has 2 atom stereocenters. The van der Waals surface area contributed by atoms with Crippen LogP contribution in [0.2, 0.25) is 5.02 Å². The number of β-amino-alcohol motifs (C(OH)–C–C–N with tert-alkyl or cyclic N) is 1. The lowest BCUT2D eigenvalue weighted by Crippen LogP contribution is -2.39. The minimum absolute atomic E-state index is 0.171. The maximum Gasteiger partial charge on any atom is 0.0667 e. The Labute approximate surface area is 102 Å². The van der Waals surface area contributed by atoms with Crippen LogP contribution in [0.4, 0.5) is 0 Å². The van der Waals surface area contributed by atoms with Gasteiger partial charge in [0.1, 0.15) is 0 Å². The summed E-state index contributed by atoms with van der Waals surface area (Å²) >= 11 is 5.99.